The fraction of sp³-hybridized carbons (Fsp3) is 0.550. The Labute approximate surface area is 136 Å². The minimum Gasteiger partial charge on any atom is -0.306 e. The van der Waals surface area contributed by atoms with Crippen LogP contribution in [0.25, 0.3) is 0 Å². The van der Waals surface area contributed by atoms with Crippen LogP contribution in [0, 0.1) is 12.8 Å². The van der Waals surface area contributed by atoms with E-state index < -0.39 is 0 Å². The molecule has 2 nitrogen and oxygen atoms in total. The minimum atomic E-state index is 0.650. The van der Waals surface area contributed by atoms with E-state index >= 15 is 0 Å². The second-order valence-corrected chi connectivity index (χ2v) is 6.63. The van der Waals surface area contributed by atoms with E-state index in [0.717, 1.165) is 18.7 Å². The molecule has 0 aliphatic carbocycles. The average Bonchev–Trinajstić information content (AvgIpc) is 2.53. The van der Waals surface area contributed by atoms with Crippen molar-refractivity contribution in [2.24, 2.45) is 10.9 Å². The number of aliphatic imine (C=N–C) groups is 1. The maximum absolute atomic E-state index is 4.80. The van der Waals surface area contributed by atoms with Crippen LogP contribution in [0.1, 0.15) is 43.4 Å². The smallest absolute Gasteiger partial charge is 0.0603 e. The van der Waals surface area contributed by atoms with Crippen molar-refractivity contribution in [3.63, 3.8) is 0 Å². The molecule has 0 bridgehead atoms. The zero-order valence-electron chi connectivity index (χ0n) is 14.7. The summed E-state index contributed by atoms with van der Waals surface area (Å²) in [5, 5.41) is 0. The monoisotopic (exact) mass is 298 g/mol. The SMILES string of the molecule is C=C(C/N=C(\C)c1ccc(C)c(CC)c1)C1CCN(C)CC1. The number of aryl methyl sites for hydroxylation is 2. The summed E-state index contributed by atoms with van der Waals surface area (Å²) in [6.45, 7) is 13.9. The summed E-state index contributed by atoms with van der Waals surface area (Å²) in [4.78, 5) is 7.20. The number of hydrogen-bond donors (Lipinski definition) is 0. The maximum atomic E-state index is 4.80. The average molecular weight is 298 g/mol. The van der Waals surface area contributed by atoms with Crippen molar-refractivity contribution in [1.29, 1.82) is 0 Å². The lowest BCUT2D eigenvalue weighted by Gasteiger charge is -2.29. The molecule has 1 saturated heterocycles. The van der Waals surface area contributed by atoms with Gasteiger partial charge in [0.25, 0.3) is 0 Å². The first-order valence-electron chi connectivity index (χ1n) is 8.48. The van der Waals surface area contributed by atoms with Gasteiger partial charge in [0.05, 0.1) is 6.54 Å². The van der Waals surface area contributed by atoms with Crippen molar-refractivity contribution < 1.29 is 0 Å². The quantitative estimate of drug-likeness (QED) is 0.585. The molecule has 1 heterocycles. The molecule has 1 aliphatic rings. The van der Waals surface area contributed by atoms with Gasteiger partial charge in [0, 0.05) is 5.71 Å². The zero-order valence-corrected chi connectivity index (χ0v) is 14.7. The molecule has 0 N–H and O–H groups in total. The first-order chi connectivity index (χ1) is 10.5. The largest absolute Gasteiger partial charge is 0.306 e. The Morgan fingerprint density at radius 1 is 1.32 bits per heavy atom. The number of likely N-dealkylation sites (tertiary alicyclic amines) is 1. The summed E-state index contributed by atoms with van der Waals surface area (Å²) in [5.74, 6) is 0.650. The van der Waals surface area contributed by atoms with E-state index in [-0.39, 0.29) is 0 Å². The number of rotatable bonds is 5. The Balaban J connectivity index is 1.98. The van der Waals surface area contributed by atoms with Crippen LogP contribution in [0.15, 0.2) is 35.3 Å². The minimum absolute atomic E-state index is 0.650. The Kier molecular flexibility index (Phi) is 5.96. The molecule has 0 amide bonds. The molecule has 22 heavy (non-hydrogen) atoms. The van der Waals surface area contributed by atoms with Crippen LogP contribution in [0.4, 0.5) is 0 Å². The first-order valence-corrected chi connectivity index (χ1v) is 8.48. The third-order valence-corrected chi connectivity index (χ3v) is 4.96. The van der Waals surface area contributed by atoms with Crippen molar-refractivity contribution in [2.45, 2.75) is 40.0 Å². The summed E-state index contributed by atoms with van der Waals surface area (Å²) < 4.78 is 0. The van der Waals surface area contributed by atoms with Gasteiger partial charge in [0.2, 0.25) is 0 Å². The van der Waals surface area contributed by atoms with E-state index in [2.05, 4.69) is 57.5 Å². The maximum Gasteiger partial charge on any atom is 0.0603 e. The topological polar surface area (TPSA) is 15.6 Å². The highest BCUT2D eigenvalue weighted by atomic mass is 15.1. The highest BCUT2D eigenvalue weighted by molar-refractivity contribution is 5.99. The van der Waals surface area contributed by atoms with Crippen LogP contribution < -0.4 is 0 Å². The standard InChI is InChI=1S/C20H30N2/c1-6-18-13-20(8-7-15(18)2)17(4)21-14-16(3)19-9-11-22(5)12-10-19/h7-8,13,19H,3,6,9-12,14H2,1-2,4-5H3/b21-17+. The molecule has 0 spiro atoms. The summed E-state index contributed by atoms with van der Waals surface area (Å²) in [5.41, 5.74) is 6.47. The van der Waals surface area contributed by atoms with Crippen LogP contribution in [0.3, 0.4) is 0 Å². The molecule has 1 aromatic rings. The van der Waals surface area contributed by atoms with Crippen LogP contribution in [-0.4, -0.2) is 37.3 Å². The molecule has 2 rings (SSSR count). The normalized spacial score (nSPS) is 17.7. The van der Waals surface area contributed by atoms with Gasteiger partial charge in [-0.3, -0.25) is 4.99 Å². The third kappa shape index (κ3) is 4.30. The molecule has 120 valence electrons. The van der Waals surface area contributed by atoms with Gasteiger partial charge in [-0.25, -0.2) is 0 Å². The van der Waals surface area contributed by atoms with Gasteiger partial charge >= 0.3 is 0 Å². The number of benzene rings is 1. The van der Waals surface area contributed by atoms with Crippen molar-refractivity contribution in [1.82, 2.24) is 4.90 Å². The Hall–Kier alpha value is -1.41. The lowest BCUT2D eigenvalue weighted by Crippen LogP contribution is -2.31. The van der Waals surface area contributed by atoms with Crippen LogP contribution in [0.5, 0.6) is 0 Å². The van der Waals surface area contributed by atoms with E-state index in [4.69, 9.17) is 4.99 Å². The Bertz CT molecular complexity index is 549. The zero-order chi connectivity index (χ0) is 16.1. The molecule has 1 aromatic carbocycles. The summed E-state index contributed by atoms with van der Waals surface area (Å²) in [6.07, 6.45) is 3.54. The molecule has 0 saturated carbocycles. The molecule has 1 aliphatic heterocycles. The molecule has 2 heteroatoms. The van der Waals surface area contributed by atoms with Crippen LogP contribution >= 0.6 is 0 Å². The molecular weight excluding hydrogens is 268 g/mol. The number of hydrogen-bond acceptors (Lipinski definition) is 2. The first kappa shape index (κ1) is 17.0. The highest BCUT2D eigenvalue weighted by Crippen LogP contribution is 2.23. The van der Waals surface area contributed by atoms with Gasteiger partial charge < -0.3 is 4.90 Å². The van der Waals surface area contributed by atoms with E-state index in [1.165, 1.54) is 48.2 Å². The summed E-state index contributed by atoms with van der Waals surface area (Å²) >= 11 is 0. The van der Waals surface area contributed by atoms with Gasteiger partial charge in [-0.1, -0.05) is 31.2 Å². The van der Waals surface area contributed by atoms with Crippen molar-refractivity contribution in [3.8, 4) is 0 Å². The van der Waals surface area contributed by atoms with Gasteiger partial charge in [-0.15, -0.1) is 0 Å². The molecule has 0 atom stereocenters. The van der Waals surface area contributed by atoms with E-state index in [0.29, 0.717) is 5.92 Å². The Morgan fingerprint density at radius 2 is 2.00 bits per heavy atom. The summed E-state index contributed by atoms with van der Waals surface area (Å²) in [6, 6.07) is 6.68. The van der Waals surface area contributed by atoms with Crippen molar-refractivity contribution in [3.05, 3.63) is 47.0 Å². The second-order valence-electron chi connectivity index (χ2n) is 6.63. The highest BCUT2D eigenvalue weighted by Gasteiger charge is 2.18. The van der Waals surface area contributed by atoms with Crippen LogP contribution in [-0.2, 0) is 6.42 Å². The fourth-order valence-corrected chi connectivity index (χ4v) is 3.13. The fourth-order valence-electron chi connectivity index (χ4n) is 3.13. The van der Waals surface area contributed by atoms with Gasteiger partial charge in [0.1, 0.15) is 0 Å². The van der Waals surface area contributed by atoms with Gasteiger partial charge in [-0.2, -0.15) is 0 Å². The van der Waals surface area contributed by atoms with E-state index in [1.54, 1.807) is 0 Å². The second kappa shape index (κ2) is 7.73. The molecule has 0 radical (unpaired) electrons. The predicted molar refractivity (Wildman–Crippen MR) is 97.0 cm³/mol. The molecule has 0 aromatic heterocycles. The van der Waals surface area contributed by atoms with Gasteiger partial charge in [-0.05, 0) is 81.9 Å². The van der Waals surface area contributed by atoms with Crippen molar-refractivity contribution in [2.75, 3.05) is 26.7 Å². The lowest BCUT2D eigenvalue weighted by molar-refractivity contribution is 0.237. The van der Waals surface area contributed by atoms with Crippen molar-refractivity contribution >= 4 is 5.71 Å². The lowest BCUT2D eigenvalue weighted by atomic mass is 9.90. The number of nitrogens with zero attached hydrogens (tertiary/aromatic N) is 2. The Morgan fingerprint density at radius 3 is 2.64 bits per heavy atom. The van der Waals surface area contributed by atoms with E-state index in [9.17, 15) is 0 Å². The van der Waals surface area contributed by atoms with E-state index in [1.807, 2.05) is 0 Å². The van der Waals surface area contributed by atoms with Crippen LogP contribution in [0.2, 0.25) is 0 Å². The molecule has 0 unspecified atom stereocenters. The molecule has 1 fully saturated rings. The predicted octanol–water partition coefficient (Wildman–Crippen LogP) is 4.26. The summed E-state index contributed by atoms with van der Waals surface area (Å²) in [7, 11) is 2.20. The third-order valence-electron chi connectivity index (χ3n) is 4.96. The molecular formula is C20H30N2. The number of piperidine rings is 1. The van der Waals surface area contributed by atoms with Gasteiger partial charge in [0.15, 0.2) is 0 Å².